The number of hydrazine groups is 1. The molecular weight excluding hydrogens is 458 g/mol. The van der Waals surface area contributed by atoms with E-state index in [-0.39, 0.29) is 24.6 Å². The van der Waals surface area contributed by atoms with Crippen LogP contribution in [0, 0.1) is 11.6 Å². The molecule has 0 heterocycles. The highest BCUT2D eigenvalue weighted by Crippen LogP contribution is 2.29. The molecule has 9 heteroatoms. The standard InChI is InChI=1S/C26H24F2N2O5/c1-2-33-24-17-18(7-13-23(24)35-16-15-34-20-11-9-19(27)10-12-20)8-14-25(31)29-30-26(32)21-5-3-4-6-22(21)28/h3-14,17H,2,15-16H2,1H3,(H,29,31)(H,30,32). The quantitative estimate of drug-likeness (QED) is 0.256. The topological polar surface area (TPSA) is 85.9 Å². The van der Waals surface area contributed by atoms with Gasteiger partial charge < -0.3 is 14.2 Å². The van der Waals surface area contributed by atoms with Crippen LogP contribution in [-0.4, -0.2) is 31.6 Å². The number of carbonyl (C=O) groups excluding carboxylic acids is 2. The average molecular weight is 482 g/mol. The lowest BCUT2D eigenvalue weighted by atomic mass is 10.2. The molecule has 3 rings (SSSR count). The first-order valence-corrected chi connectivity index (χ1v) is 10.8. The molecule has 0 saturated carbocycles. The van der Waals surface area contributed by atoms with E-state index in [1.165, 1.54) is 54.6 Å². The summed E-state index contributed by atoms with van der Waals surface area (Å²) in [5.74, 6) is -0.905. The average Bonchev–Trinajstić information content (AvgIpc) is 2.86. The van der Waals surface area contributed by atoms with Crippen molar-refractivity contribution in [3.8, 4) is 17.2 Å². The maximum Gasteiger partial charge on any atom is 0.272 e. The SMILES string of the molecule is CCOc1cc(C=CC(=O)NNC(=O)c2ccccc2F)ccc1OCCOc1ccc(F)cc1. The predicted octanol–water partition coefficient (Wildman–Crippen LogP) is 4.30. The number of rotatable bonds is 10. The number of carbonyl (C=O) groups is 2. The van der Waals surface area contributed by atoms with Gasteiger partial charge in [-0.3, -0.25) is 20.4 Å². The van der Waals surface area contributed by atoms with Crippen molar-refractivity contribution >= 4 is 17.9 Å². The second kappa shape index (κ2) is 12.7. The van der Waals surface area contributed by atoms with Gasteiger partial charge in [0.05, 0.1) is 12.2 Å². The van der Waals surface area contributed by atoms with Gasteiger partial charge in [-0.25, -0.2) is 8.78 Å². The van der Waals surface area contributed by atoms with Gasteiger partial charge in [-0.05, 0) is 67.1 Å². The molecule has 0 unspecified atom stereocenters. The van der Waals surface area contributed by atoms with Crippen LogP contribution in [0.5, 0.6) is 17.2 Å². The number of ether oxygens (including phenoxy) is 3. The van der Waals surface area contributed by atoms with Crippen molar-refractivity contribution in [3.63, 3.8) is 0 Å². The van der Waals surface area contributed by atoms with Crippen LogP contribution >= 0.6 is 0 Å². The van der Waals surface area contributed by atoms with E-state index in [4.69, 9.17) is 14.2 Å². The summed E-state index contributed by atoms with van der Waals surface area (Å²) in [6.45, 7) is 2.71. The third kappa shape index (κ3) is 7.85. The Morgan fingerprint density at radius 3 is 2.34 bits per heavy atom. The van der Waals surface area contributed by atoms with E-state index >= 15 is 0 Å². The molecule has 3 aromatic carbocycles. The number of hydrogen-bond donors (Lipinski definition) is 2. The van der Waals surface area contributed by atoms with Crippen LogP contribution in [-0.2, 0) is 4.79 Å². The first-order valence-electron chi connectivity index (χ1n) is 10.8. The number of amides is 2. The van der Waals surface area contributed by atoms with Crippen molar-refractivity contribution in [1.82, 2.24) is 10.9 Å². The fourth-order valence-corrected chi connectivity index (χ4v) is 2.90. The number of halogens is 2. The van der Waals surface area contributed by atoms with Crippen molar-refractivity contribution < 1.29 is 32.6 Å². The molecule has 0 fully saturated rings. The first-order chi connectivity index (χ1) is 17.0. The first kappa shape index (κ1) is 25.2. The second-order valence-electron chi connectivity index (χ2n) is 7.05. The lowest BCUT2D eigenvalue weighted by Crippen LogP contribution is -2.41. The van der Waals surface area contributed by atoms with Gasteiger partial charge in [0.15, 0.2) is 11.5 Å². The second-order valence-corrected chi connectivity index (χ2v) is 7.05. The van der Waals surface area contributed by atoms with Crippen molar-refractivity contribution in [2.24, 2.45) is 0 Å². The van der Waals surface area contributed by atoms with Gasteiger partial charge in [-0.2, -0.15) is 0 Å². The maximum atomic E-state index is 13.6. The maximum absolute atomic E-state index is 13.6. The van der Waals surface area contributed by atoms with Crippen LogP contribution in [0.2, 0.25) is 0 Å². The molecule has 3 aromatic rings. The molecule has 35 heavy (non-hydrogen) atoms. The zero-order valence-corrected chi connectivity index (χ0v) is 18.9. The zero-order valence-electron chi connectivity index (χ0n) is 18.9. The minimum absolute atomic E-state index is 0.184. The highest BCUT2D eigenvalue weighted by atomic mass is 19.1. The van der Waals surface area contributed by atoms with Crippen LogP contribution in [0.3, 0.4) is 0 Å². The van der Waals surface area contributed by atoms with Gasteiger partial charge >= 0.3 is 0 Å². The molecule has 0 aliphatic carbocycles. The fourth-order valence-electron chi connectivity index (χ4n) is 2.90. The number of nitrogens with one attached hydrogen (secondary N) is 2. The predicted molar refractivity (Wildman–Crippen MR) is 126 cm³/mol. The molecule has 0 saturated heterocycles. The summed E-state index contributed by atoms with van der Waals surface area (Å²) in [6.07, 6.45) is 2.73. The minimum Gasteiger partial charge on any atom is -0.490 e. The molecule has 2 N–H and O–H groups in total. The number of hydrogen-bond acceptors (Lipinski definition) is 5. The van der Waals surface area contributed by atoms with E-state index in [1.807, 2.05) is 6.92 Å². The third-order valence-electron chi connectivity index (χ3n) is 4.54. The Balaban J connectivity index is 1.52. The number of benzene rings is 3. The minimum atomic E-state index is -0.770. The highest BCUT2D eigenvalue weighted by Gasteiger charge is 2.11. The summed E-state index contributed by atoms with van der Waals surface area (Å²) >= 11 is 0. The summed E-state index contributed by atoms with van der Waals surface area (Å²) < 4.78 is 43.4. The van der Waals surface area contributed by atoms with Crippen molar-refractivity contribution in [3.05, 3.63) is 95.6 Å². The van der Waals surface area contributed by atoms with Gasteiger partial charge in [0.2, 0.25) is 0 Å². The van der Waals surface area contributed by atoms with E-state index in [1.54, 1.807) is 18.2 Å². The van der Waals surface area contributed by atoms with Crippen LogP contribution in [0.15, 0.2) is 72.8 Å². The van der Waals surface area contributed by atoms with E-state index in [2.05, 4.69) is 10.9 Å². The Bertz CT molecular complexity index is 1180. The summed E-state index contributed by atoms with van der Waals surface area (Å²) in [6, 6.07) is 16.2. The van der Waals surface area contributed by atoms with Crippen LogP contribution < -0.4 is 25.1 Å². The summed E-state index contributed by atoms with van der Waals surface area (Å²) in [5.41, 5.74) is 4.82. The Morgan fingerprint density at radius 2 is 1.60 bits per heavy atom. The molecule has 182 valence electrons. The van der Waals surface area contributed by atoms with Crippen LogP contribution in [0.25, 0.3) is 6.08 Å². The molecule has 0 aliphatic rings. The Morgan fingerprint density at radius 1 is 0.857 bits per heavy atom. The summed E-state index contributed by atoms with van der Waals surface area (Å²) in [7, 11) is 0. The molecule has 0 spiro atoms. The van der Waals surface area contributed by atoms with Crippen LogP contribution in [0.1, 0.15) is 22.8 Å². The van der Waals surface area contributed by atoms with E-state index in [0.29, 0.717) is 29.4 Å². The Labute approximate surface area is 201 Å². The van der Waals surface area contributed by atoms with Crippen molar-refractivity contribution in [2.75, 3.05) is 19.8 Å². The van der Waals surface area contributed by atoms with Gasteiger partial charge in [-0.1, -0.05) is 18.2 Å². The van der Waals surface area contributed by atoms with Crippen molar-refractivity contribution in [1.29, 1.82) is 0 Å². The molecule has 7 nitrogen and oxygen atoms in total. The van der Waals surface area contributed by atoms with Crippen molar-refractivity contribution in [2.45, 2.75) is 6.92 Å². The van der Waals surface area contributed by atoms with Crippen LogP contribution in [0.4, 0.5) is 8.78 Å². The summed E-state index contributed by atoms with van der Waals surface area (Å²) in [5, 5.41) is 0. The molecule has 0 radical (unpaired) electrons. The normalized spacial score (nSPS) is 10.6. The Hall–Kier alpha value is -4.40. The zero-order chi connectivity index (χ0) is 25.0. The lowest BCUT2D eigenvalue weighted by molar-refractivity contribution is -0.117. The van der Waals surface area contributed by atoms with E-state index < -0.39 is 17.6 Å². The monoisotopic (exact) mass is 482 g/mol. The lowest BCUT2D eigenvalue weighted by Gasteiger charge is -2.13. The third-order valence-corrected chi connectivity index (χ3v) is 4.54. The molecule has 2 amide bonds. The molecular formula is C26H24F2N2O5. The van der Waals surface area contributed by atoms with Gasteiger partial charge in [0.25, 0.3) is 11.8 Å². The smallest absolute Gasteiger partial charge is 0.272 e. The molecule has 0 aromatic heterocycles. The molecule has 0 bridgehead atoms. The summed E-state index contributed by atoms with van der Waals surface area (Å²) in [4.78, 5) is 24.0. The molecule has 0 atom stereocenters. The molecule has 0 aliphatic heterocycles. The van der Waals surface area contributed by atoms with E-state index in [9.17, 15) is 18.4 Å². The van der Waals surface area contributed by atoms with Gasteiger partial charge in [0.1, 0.15) is 30.6 Å². The largest absolute Gasteiger partial charge is 0.490 e. The van der Waals surface area contributed by atoms with Gasteiger partial charge in [0, 0.05) is 6.08 Å². The highest BCUT2D eigenvalue weighted by molar-refractivity contribution is 5.98. The van der Waals surface area contributed by atoms with E-state index in [0.717, 1.165) is 6.07 Å². The Kier molecular flexibility index (Phi) is 9.18. The van der Waals surface area contributed by atoms with Gasteiger partial charge in [-0.15, -0.1) is 0 Å². The fraction of sp³-hybridized carbons (Fsp3) is 0.154.